The van der Waals surface area contributed by atoms with Crippen molar-refractivity contribution in [2.75, 3.05) is 16.8 Å². The first-order valence-corrected chi connectivity index (χ1v) is 16.8. The molecule has 3 aliphatic rings. The second kappa shape index (κ2) is 14.2. The summed E-state index contributed by atoms with van der Waals surface area (Å²) in [5.74, 6) is -1.09. The van der Waals surface area contributed by atoms with Gasteiger partial charge in [-0.05, 0) is 104 Å². The van der Waals surface area contributed by atoms with E-state index in [4.69, 9.17) is 9.39 Å². The number of para-hydroxylation sites is 3. The van der Waals surface area contributed by atoms with E-state index in [2.05, 4.69) is 5.32 Å². The van der Waals surface area contributed by atoms with Crippen LogP contribution in [0.3, 0.4) is 0 Å². The average molecular weight is 655 g/mol. The summed E-state index contributed by atoms with van der Waals surface area (Å²) in [4.78, 5) is 29.7. The molecule has 9 heteroatoms. The van der Waals surface area contributed by atoms with Crippen LogP contribution in [0.2, 0.25) is 6.32 Å². The molecular weight excluding hydrogens is 615 g/mol. The number of ether oxygens (including phenoxy) is 1. The first-order valence-electron chi connectivity index (χ1n) is 16.8. The van der Waals surface area contributed by atoms with Crippen LogP contribution in [0, 0.1) is 17.8 Å². The number of carbonyl (C=O) groups excluding carboxylic acids is 2. The number of carbonyl (C=O) groups is 2. The van der Waals surface area contributed by atoms with Crippen LogP contribution in [0.25, 0.3) is 6.08 Å². The Kier molecular flexibility index (Phi) is 9.37. The van der Waals surface area contributed by atoms with E-state index in [9.17, 15) is 19.7 Å². The molecule has 3 N–H and O–H groups in total. The van der Waals surface area contributed by atoms with Crippen molar-refractivity contribution in [2.24, 2.45) is 17.8 Å². The first-order chi connectivity index (χ1) is 23.9. The highest BCUT2D eigenvalue weighted by Gasteiger charge is 2.57. The van der Waals surface area contributed by atoms with Crippen LogP contribution in [0.15, 0.2) is 126 Å². The van der Waals surface area contributed by atoms with Gasteiger partial charge in [0.1, 0.15) is 18.1 Å². The number of fused-ring (bicyclic) bond motifs is 3. The highest BCUT2D eigenvalue weighted by molar-refractivity contribution is 6.43. The van der Waals surface area contributed by atoms with Crippen LogP contribution < -0.4 is 15.0 Å². The molecule has 4 aromatic carbocycles. The Balaban J connectivity index is 1.16. The summed E-state index contributed by atoms with van der Waals surface area (Å²) in [6.07, 6.45) is 3.30. The van der Waals surface area contributed by atoms with Crippen molar-refractivity contribution in [3.05, 3.63) is 131 Å². The van der Waals surface area contributed by atoms with Crippen LogP contribution in [0.4, 0.5) is 17.1 Å². The third-order valence-electron chi connectivity index (χ3n) is 9.79. The molecule has 2 amide bonds. The zero-order chi connectivity index (χ0) is 33.9. The fourth-order valence-corrected chi connectivity index (χ4v) is 7.53. The van der Waals surface area contributed by atoms with Gasteiger partial charge in [0.15, 0.2) is 0 Å². The van der Waals surface area contributed by atoms with Crippen molar-refractivity contribution in [1.82, 2.24) is 0 Å². The average Bonchev–Trinajstić information content (AvgIpc) is 3.37. The lowest BCUT2D eigenvalue weighted by molar-refractivity contribution is -0.122. The predicted molar refractivity (Wildman–Crippen MR) is 191 cm³/mol. The van der Waals surface area contributed by atoms with Gasteiger partial charge in [-0.1, -0.05) is 66.2 Å². The van der Waals surface area contributed by atoms with E-state index in [1.165, 1.54) is 4.90 Å². The van der Waals surface area contributed by atoms with Gasteiger partial charge in [-0.25, -0.2) is 0 Å². The summed E-state index contributed by atoms with van der Waals surface area (Å²) in [7, 11) is -1.07. The Hall–Kier alpha value is -5.12. The lowest BCUT2D eigenvalue weighted by Gasteiger charge is -2.43. The minimum Gasteiger partial charge on any atom is -0.507 e. The molecule has 2 heterocycles. The Morgan fingerprint density at radius 1 is 0.898 bits per heavy atom. The van der Waals surface area contributed by atoms with Crippen LogP contribution in [-0.2, 0) is 14.2 Å². The number of amides is 2. The maximum absolute atomic E-state index is 14.3. The Morgan fingerprint density at radius 2 is 1.57 bits per heavy atom. The molecule has 0 aromatic heterocycles. The highest BCUT2D eigenvalue weighted by Crippen LogP contribution is 2.51. The third kappa shape index (κ3) is 6.91. The number of hydrogen-bond donors (Lipinski definition) is 3. The standard InChI is InChI=1S/C40H39BN2O6/c1-26(22-27-10-8-9-15-35(27)44)16-21-36-37-28(25-48-32-13-6-3-7-14-32)23-33-38(34(37)24-41(47)49-36)40(46)43(39(33)45)31-19-17-30(18-20-31)42-29-11-4-2-5-12-29/h2-15,17-20,22,33-34,36,38,42,44,47H,16,21,23-25H2,1H3/b26-22+/t33-,34+,36-,38-/m1/s1. The number of phenols is 1. The van der Waals surface area contributed by atoms with E-state index in [0.29, 0.717) is 30.7 Å². The summed E-state index contributed by atoms with van der Waals surface area (Å²) in [5, 5.41) is 24.6. The van der Waals surface area contributed by atoms with E-state index in [-0.39, 0.29) is 36.4 Å². The largest absolute Gasteiger partial charge is 0.507 e. The molecule has 1 aliphatic carbocycles. The molecule has 2 aliphatic heterocycles. The normalized spacial score (nSPS) is 22.2. The van der Waals surface area contributed by atoms with E-state index < -0.39 is 25.1 Å². The molecule has 0 unspecified atom stereocenters. The summed E-state index contributed by atoms with van der Waals surface area (Å²) in [6.45, 7) is 2.26. The van der Waals surface area contributed by atoms with Crippen LogP contribution in [0.5, 0.6) is 11.5 Å². The number of phenolic OH excluding ortho intramolecular Hbond substituents is 1. The van der Waals surface area contributed by atoms with E-state index in [1.54, 1.807) is 24.3 Å². The summed E-state index contributed by atoms with van der Waals surface area (Å²) < 4.78 is 12.4. The predicted octanol–water partition coefficient (Wildman–Crippen LogP) is 7.40. The quantitative estimate of drug-likeness (QED) is 0.0930. The molecular formula is C40H39BN2O6. The van der Waals surface area contributed by atoms with Crippen LogP contribution in [-0.4, -0.2) is 41.8 Å². The zero-order valence-corrected chi connectivity index (χ0v) is 27.4. The molecule has 4 atom stereocenters. The van der Waals surface area contributed by atoms with Crippen molar-refractivity contribution >= 4 is 42.1 Å². The molecule has 7 rings (SSSR count). The van der Waals surface area contributed by atoms with Gasteiger partial charge in [0, 0.05) is 16.9 Å². The van der Waals surface area contributed by atoms with E-state index in [0.717, 1.165) is 33.7 Å². The van der Waals surface area contributed by atoms with Crippen LogP contribution >= 0.6 is 0 Å². The van der Waals surface area contributed by atoms with Crippen molar-refractivity contribution in [2.45, 2.75) is 38.6 Å². The molecule has 0 bridgehead atoms. The van der Waals surface area contributed by atoms with Gasteiger partial charge >= 0.3 is 7.12 Å². The number of nitrogens with zero attached hydrogens (tertiary/aromatic N) is 1. The van der Waals surface area contributed by atoms with Gasteiger partial charge in [-0.2, -0.15) is 0 Å². The van der Waals surface area contributed by atoms with Crippen molar-refractivity contribution in [3.63, 3.8) is 0 Å². The molecule has 2 saturated heterocycles. The fourth-order valence-electron chi connectivity index (χ4n) is 7.53. The van der Waals surface area contributed by atoms with Crippen molar-refractivity contribution in [3.8, 4) is 11.5 Å². The maximum atomic E-state index is 14.3. The minimum atomic E-state index is -1.07. The summed E-state index contributed by atoms with van der Waals surface area (Å²) in [5.41, 5.74) is 6.00. The summed E-state index contributed by atoms with van der Waals surface area (Å²) >= 11 is 0. The molecule has 0 spiro atoms. The van der Waals surface area contributed by atoms with E-state index >= 15 is 0 Å². The van der Waals surface area contributed by atoms with E-state index in [1.807, 2.05) is 97.9 Å². The van der Waals surface area contributed by atoms with Gasteiger partial charge in [0.25, 0.3) is 0 Å². The van der Waals surface area contributed by atoms with Gasteiger partial charge in [0.2, 0.25) is 11.8 Å². The van der Waals surface area contributed by atoms with Gasteiger partial charge < -0.3 is 24.8 Å². The number of aromatic hydroxyl groups is 1. The van der Waals surface area contributed by atoms with Gasteiger partial charge in [-0.15, -0.1) is 0 Å². The monoisotopic (exact) mass is 654 g/mol. The molecule has 0 radical (unpaired) electrons. The molecule has 49 heavy (non-hydrogen) atoms. The van der Waals surface area contributed by atoms with Gasteiger partial charge in [-0.3, -0.25) is 14.5 Å². The Morgan fingerprint density at radius 3 is 2.31 bits per heavy atom. The zero-order valence-electron chi connectivity index (χ0n) is 27.4. The minimum absolute atomic E-state index is 0.212. The number of nitrogens with one attached hydrogen (secondary N) is 1. The SMILES string of the molecule is C/C(=C\c1ccccc1O)CC[C@H]1OB(O)C[C@H]2C1=C(COc1ccccc1)C[C@H]1C(=O)N(c3ccc(Nc4ccccc4)cc3)C(=O)[C@H]12. The van der Waals surface area contributed by atoms with Crippen LogP contribution in [0.1, 0.15) is 31.7 Å². The number of hydrogen-bond acceptors (Lipinski definition) is 7. The number of imide groups is 1. The lowest BCUT2D eigenvalue weighted by atomic mass is 9.58. The Bertz CT molecular complexity index is 1880. The van der Waals surface area contributed by atoms with Gasteiger partial charge in [0.05, 0.1) is 23.6 Å². The van der Waals surface area contributed by atoms with Crippen molar-refractivity contribution in [1.29, 1.82) is 0 Å². The molecule has 2 fully saturated rings. The van der Waals surface area contributed by atoms with Crippen molar-refractivity contribution < 1.29 is 29.1 Å². The second-order valence-electron chi connectivity index (χ2n) is 13.1. The lowest BCUT2D eigenvalue weighted by Crippen LogP contribution is -2.46. The summed E-state index contributed by atoms with van der Waals surface area (Å²) in [6, 6.07) is 33.8. The highest BCUT2D eigenvalue weighted by atomic mass is 16.5. The number of benzene rings is 4. The molecule has 8 nitrogen and oxygen atoms in total. The third-order valence-corrected chi connectivity index (χ3v) is 9.79. The Labute approximate surface area is 286 Å². The number of anilines is 3. The molecule has 248 valence electrons. The number of rotatable bonds is 10. The second-order valence-corrected chi connectivity index (χ2v) is 13.1. The fraction of sp³-hybridized carbons (Fsp3) is 0.250. The number of allylic oxidation sites excluding steroid dienone is 1. The topological polar surface area (TPSA) is 108 Å². The smallest absolute Gasteiger partial charge is 0.455 e. The maximum Gasteiger partial charge on any atom is 0.455 e. The first kappa shape index (κ1) is 32.4. The molecule has 4 aromatic rings. The molecule has 0 saturated carbocycles.